The molecule has 39 nitrogen and oxygen atoms in total. The van der Waals surface area contributed by atoms with Gasteiger partial charge in [-0.15, -0.1) is 0 Å². The van der Waals surface area contributed by atoms with Gasteiger partial charge in [0.15, 0.2) is 67.8 Å². The van der Waals surface area contributed by atoms with Crippen LogP contribution in [-0.2, 0) is 94.5 Å². The Bertz CT molecular complexity index is 3360. The van der Waals surface area contributed by atoms with Crippen LogP contribution < -0.4 is 27.4 Å². The minimum Gasteiger partial charge on any atom is -0.510 e. The lowest BCUT2D eigenvalue weighted by atomic mass is 9.85. The molecule has 0 aromatic carbocycles. The molecule has 0 bridgehead atoms. The molecular formula is C69H108N5O34P. The summed E-state index contributed by atoms with van der Waals surface area (Å²) in [5.74, 6) is -7.66. The van der Waals surface area contributed by atoms with Gasteiger partial charge in [0.05, 0.1) is 32.5 Å². The summed E-state index contributed by atoms with van der Waals surface area (Å²) in [6, 6.07) is -4.00. The van der Waals surface area contributed by atoms with E-state index in [2.05, 4.69) is 75.4 Å². The van der Waals surface area contributed by atoms with Crippen LogP contribution >= 0.6 is 7.82 Å². The summed E-state index contributed by atoms with van der Waals surface area (Å²) >= 11 is 0. The molecule has 5 fully saturated rings. The number of carboxylic acids is 1. The Hall–Kier alpha value is -6.16. The summed E-state index contributed by atoms with van der Waals surface area (Å²) in [6.07, 6.45) is -35.4. The average molecular weight is 1580 g/mol. The molecule has 5 aliphatic heterocycles. The Morgan fingerprint density at radius 1 is 0.716 bits per heavy atom. The number of primary amides is 2. The first kappa shape index (κ1) is 91.7. The van der Waals surface area contributed by atoms with Crippen molar-refractivity contribution in [1.82, 2.24) is 16.0 Å². The van der Waals surface area contributed by atoms with Gasteiger partial charge in [-0.1, -0.05) is 73.1 Å². The van der Waals surface area contributed by atoms with Gasteiger partial charge < -0.3 is 146 Å². The molecule has 109 heavy (non-hydrogen) atoms. The molecule has 0 aromatic heterocycles. The maximum Gasteiger partial charge on any atom is 0.474 e. The predicted octanol–water partition coefficient (Wildman–Crippen LogP) is -2.03. The SMILES string of the molecule is C=C(C/C=C(\C)CCC=C(C)C)CCC(C)(C)/C=C/CC/C(C)=C\CO[C@H](COP(=O)(O)O[C@H]1O[C@H](C(N)=O)[C@@](C)(O)[C@H](OC(N)=O)[C@H]1OC1O[C@H](CO[C@@H]2O[C@H](CO)[C@@H](O)[C@H](O)[C@H]2O)[C@@H](O[C@@H]2O[C@H](C)[C@@H](O[C@@H]3O[C@H](C(=O)NC4=C(O)CCC4=O)[C@H](O)[C@H](O)[C@H]3O)C(O)[C@H]2NC(C)=O)[C@H](O)[C@H]1NC(C)=O)C(=O)O. The van der Waals surface area contributed by atoms with E-state index in [0.29, 0.717) is 12.8 Å². The number of carbonyl (C=O) groups is 7. The molecule has 6 aliphatic rings. The monoisotopic (exact) mass is 1580 g/mol. The van der Waals surface area contributed by atoms with E-state index in [4.69, 9.17) is 72.6 Å². The number of rotatable bonds is 37. The average Bonchev–Trinajstić information content (AvgIpc) is 1.80. The van der Waals surface area contributed by atoms with E-state index in [0.717, 1.165) is 64.0 Å². The molecule has 20 N–H and O–H groups in total. The summed E-state index contributed by atoms with van der Waals surface area (Å²) in [5, 5.41) is 139. The Labute approximate surface area is 628 Å². The molecular weight excluding hydrogens is 1470 g/mol. The third-order valence-corrected chi connectivity index (χ3v) is 19.9. The quantitative estimate of drug-likeness (QED) is 0.0236. The molecule has 3 unspecified atom stereocenters. The molecule has 5 heterocycles. The fourth-order valence-corrected chi connectivity index (χ4v) is 13.5. The van der Waals surface area contributed by atoms with Crippen molar-refractivity contribution in [2.75, 3.05) is 26.4 Å². The summed E-state index contributed by atoms with van der Waals surface area (Å²) in [5.41, 5.74) is 12.0. The third kappa shape index (κ3) is 25.4. The topological polar surface area (TPSA) is 608 Å². The Morgan fingerprint density at radius 2 is 1.29 bits per heavy atom. The van der Waals surface area contributed by atoms with E-state index >= 15 is 0 Å². The maximum absolute atomic E-state index is 14.1. The van der Waals surface area contributed by atoms with Crippen molar-refractivity contribution >= 4 is 49.3 Å². The van der Waals surface area contributed by atoms with Gasteiger partial charge in [-0.05, 0) is 91.9 Å². The third-order valence-electron chi connectivity index (χ3n) is 18.9. The second-order valence-corrected chi connectivity index (χ2v) is 30.3. The van der Waals surface area contributed by atoms with Gasteiger partial charge in [0.1, 0.15) is 102 Å². The fourth-order valence-electron chi connectivity index (χ4n) is 12.6. The smallest absolute Gasteiger partial charge is 0.474 e. The van der Waals surface area contributed by atoms with Crippen LogP contribution in [0.2, 0.25) is 0 Å². The number of aliphatic hydroxyl groups excluding tert-OH is 10. The second-order valence-electron chi connectivity index (χ2n) is 28.9. The minimum absolute atomic E-state index is 0.128. The van der Waals surface area contributed by atoms with Gasteiger partial charge in [-0.2, -0.15) is 0 Å². The molecule has 618 valence electrons. The highest BCUT2D eigenvalue weighted by Crippen LogP contribution is 2.49. The van der Waals surface area contributed by atoms with E-state index in [1.807, 2.05) is 6.08 Å². The lowest BCUT2D eigenvalue weighted by molar-refractivity contribution is -0.375. The van der Waals surface area contributed by atoms with Crippen LogP contribution in [-0.4, -0.2) is 293 Å². The summed E-state index contributed by atoms with van der Waals surface area (Å²) in [6.45, 7) is 16.8. The van der Waals surface area contributed by atoms with Crippen LogP contribution in [0.25, 0.3) is 0 Å². The molecule has 6 rings (SSSR count). The molecule has 5 amide bonds. The van der Waals surface area contributed by atoms with Crippen molar-refractivity contribution in [3.63, 3.8) is 0 Å². The zero-order chi connectivity index (χ0) is 81.5. The van der Waals surface area contributed by atoms with Crippen molar-refractivity contribution in [3.8, 4) is 0 Å². The number of aliphatic hydroxyl groups is 11. The first-order valence-electron chi connectivity index (χ1n) is 35.4. The van der Waals surface area contributed by atoms with Gasteiger partial charge in [0, 0.05) is 26.7 Å². The molecule has 0 radical (unpaired) electrons. The lowest BCUT2D eigenvalue weighted by Crippen LogP contribution is -2.72. The highest BCUT2D eigenvalue weighted by Gasteiger charge is 2.62. The molecule has 40 heteroatoms. The number of amides is 5. The number of ketones is 1. The van der Waals surface area contributed by atoms with Gasteiger partial charge in [0.2, 0.25) is 17.7 Å². The van der Waals surface area contributed by atoms with Crippen LogP contribution in [0.1, 0.15) is 127 Å². The predicted molar refractivity (Wildman–Crippen MR) is 372 cm³/mol. The number of allylic oxidation sites excluding steroid dienone is 10. The maximum atomic E-state index is 14.1. The van der Waals surface area contributed by atoms with Crippen LogP contribution in [0, 0.1) is 5.41 Å². The molecule has 1 aliphatic carbocycles. The number of carboxylic acid groups (broad SMARTS) is 1. The number of nitrogens with one attached hydrogen (secondary N) is 3. The van der Waals surface area contributed by atoms with E-state index < -0.39 is 240 Å². The minimum atomic E-state index is -5.85. The van der Waals surface area contributed by atoms with Gasteiger partial charge in [-0.25, -0.2) is 14.2 Å². The summed E-state index contributed by atoms with van der Waals surface area (Å²) < 4.78 is 88.9. The van der Waals surface area contributed by atoms with E-state index in [1.54, 1.807) is 13.0 Å². The van der Waals surface area contributed by atoms with Gasteiger partial charge in [-0.3, -0.25) is 33.0 Å². The van der Waals surface area contributed by atoms with Crippen molar-refractivity contribution in [1.29, 1.82) is 0 Å². The Kier molecular flexibility index (Phi) is 34.1. The van der Waals surface area contributed by atoms with Gasteiger partial charge >= 0.3 is 19.9 Å². The van der Waals surface area contributed by atoms with Crippen LogP contribution in [0.15, 0.2) is 70.7 Å². The molecule has 0 aromatic rings. The number of phosphoric ester groups is 1. The number of hydrogen-bond donors (Lipinski definition) is 18. The Morgan fingerprint density at radius 3 is 1.88 bits per heavy atom. The number of carbonyl (C=O) groups excluding carboxylic acids is 6. The summed E-state index contributed by atoms with van der Waals surface area (Å²) in [7, 11) is -5.85. The molecule has 27 atom stereocenters. The van der Waals surface area contributed by atoms with Crippen molar-refractivity contribution in [2.24, 2.45) is 16.9 Å². The zero-order valence-corrected chi connectivity index (χ0v) is 63.1. The highest BCUT2D eigenvalue weighted by molar-refractivity contribution is 7.47. The lowest BCUT2D eigenvalue weighted by Gasteiger charge is -2.52. The number of Topliss-reactive ketones (excluding diaryl/α,β-unsaturated/α-hetero) is 1. The molecule has 0 spiro atoms. The fraction of sp³-hybridized carbons (Fsp3) is 0.725. The van der Waals surface area contributed by atoms with Gasteiger partial charge in [0.25, 0.3) is 5.91 Å². The van der Waals surface area contributed by atoms with Crippen molar-refractivity contribution < 1.29 is 165 Å². The number of hydrogen-bond acceptors (Lipinski definition) is 32. The van der Waals surface area contributed by atoms with E-state index in [-0.39, 0.29) is 24.9 Å². The van der Waals surface area contributed by atoms with Crippen LogP contribution in [0.5, 0.6) is 0 Å². The highest BCUT2D eigenvalue weighted by atomic mass is 31.2. The largest absolute Gasteiger partial charge is 0.510 e. The second kappa shape index (κ2) is 40.5. The molecule has 0 saturated carbocycles. The zero-order valence-electron chi connectivity index (χ0n) is 62.2. The summed E-state index contributed by atoms with van der Waals surface area (Å²) in [4.78, 5) is 102. The number of aliphatic carboxylic acids is 1. The number of ether oxygens (including phenoxy) is 11. The standard InChI is InChI=1S/C69H108N5O34P/c1-30(2)15-14-17-31(3)18-19-33(5)22-25-68(9,10)24-13-12-16-32(4)23-26-96-41(61(90)91)29-98-109(94,95)108-66-56(57(107-67(71)92)69(11,93)58(106-66)59(70)88)105-63-44(73-36(8)77)47(82)54(40(101-63)28-97-64-51(86)48(83)45(80)39(27-75)100-64)103-62-43(72-35(7)76)46(81)53(34(6)99-62)102-65-52(87)49(84)50(85)55(104-65)60(89)74-42-37(78)20-21-38(42)79/h13,15,18,23-24,34,39-41,43-58,62-66,75,78,80-87,93H,5,12,14,16-17,19-22,25-29H2,1-4,6-11H3,(H2,70,88)(H2,71,92)(H,72,76)(H,73,77)(H,74,89)(H,90,91)(H,94,95)/b24-13+,31-18+,32-23-/t34-,39-,40-,41-,43-,44-,45-,46?,47-,48+,49+,50-,51-,52-,53-,54-,55+,56-,57-,58-,62+,63?,64-,65-,66-,69+/m1/s1. The Balaban J connectivity index is 1.25. The van der Waals surface area contributed by atoms with Crippen LogP contribution in [0.4, 0.5) is 4.79 Å². The van der Waals surface area contributed by atoms with E-state index in [9.17, 15) is 104 Å². The first-order valence-corrected chi connectivity index (χ1v) is 36.9. The number of phosphoric acid groups is 1. The van der Waals surface area contributed by atoms with Crippen molar-refractivity contribution in [3.05, 3.63) is 70.7 Å². The molecule has 5 saturated heterocycles. The van der Waals surface area contributed by atoms with Crippen molar-refractivity contribution in [2.45, 2.75) is 286 Å². The van der Waals surface area contributed by atoms with E-state index in [1.165, 1.54) is 18.1 Å². The van der Waals surface area contributed by atoms with Crippen LogP contribution in [0.3, 0.4) is 0 Å². The first-order chi connectivity index (χ1) is 50.9. The number of nitrogens with two attached hydrogens (primary N) is 2. The normalized spacial score (nSPS) is 35.6.